The third-order valence-electron chi connectivity index (χ3n) is 2.50. The maximum Gasteiger partial charge on any atom is 0.266 e. The first-order valence-corrected chi connectivity index (χ1v) is 8.13. The molecule has 0 spiro atoms. The maximum absolute atomic E-state index is 12.2. The summed E-state index contributed by atoms with van der Waals surface area (Å²) >= 11 is 1.21. The number of nitrogens with one attached hydrogen (secondary N) is 1. The number of nitrogens with zero attached hydrogens (tertiary/aromatic N) is 3. The molecule has 0 radical (unpaired) electrons. The SMILES string of the molecule is CC(C)c1csc(NS(=O)(=O)c2cccnc2C#N)n1. The van der Waals surface area contributed by atoms with Gasteiger partial charge in [0.25, 0.3) is 10.0 Å². The Bertz CT molecular complexity index is 760. The average molecular weight is 308 g/mol. The highest BCUT2D eigenvalue weighted by atomic mass is 32.2. The van der Waals surface area contributed by atoms with Gasteiger partial charge in [-0.1, -0.05) is 13.8 Å². The van der Waals surface area contributed by atoms with Crippen LogP contribution < -0.4 is 4.72 Å². The van der Waals surface area contributed by atoms with Gasteiger partial charge in [-0.15, -0.1) is 11.3 Å². The minimum absolute atomic E-state index is 0.138. The van der Waals surface area contributed by atoms with Crippen molar-refractivity contribution in [3.63, 3.8) is 0 Å². The van der Waals surface area contributed by atoms with Gasteiger partial charge in [0.1, 0.15) is 11.0 Å². The highest BCUT2D eigenvalue weighted by Gasteiger charge is 2.21. The molecule has 20 heavy (non-hydrogen) atoms. The number of anilines is 1. The number of aromatic nitrogens is 2. The number of sulfonamides is 1. The van der Waals surface area contributed by atoms with Crippen LogP contribution in [0, 0.1) is 11.3 Å². The van der Waals surface area contributed by atoms with E-state index in [1.165, 1.54) is 29.7 Å². The lowest BCUT2D eigenvalue weighted by atomic mass is 10.2. The molecule has 6 nitrogen and oxygen atoms in total. The van der Waals surface area contributed by atoms with Gasteiger partial charge in [-0.25, -0.2) is 18.4 Å². The first-order chi connectivity index (χ1) is 9.44. The van der Waals surface area contributed by atoms with Crippen molar-refractivity contribution < 1.29 is 8.42 Å². The number of pyridine rings is 1. The highest BCUT2D eigenvalue weighted by molar-refractivity contribution is 7.93. The zero-order valence-corrected chi connectivity index (χ0v) is 12.5. The van der Waals surface area contributed by atoms with Gasteiger partial charge in [-0.3, -0.25) is 4.72 Å². The zero-order chi connectivity index (χ0) is 14.8. The normalized spacial score (nSPS) is 11.3. The van der Waals surface area contributed by atoms with Crippen molar-refractivity contribution in [2.24, 2.45) is 0 Å². The van der Waals surface area contributed by atoms with Crippen molar-refractivity contribution in [1.82, 2.24) is 9.97 Å². The van der Waals surface area contributed by atoms with E-state index in [1.54, 1.807) is 11.4 Å². The Morgan fingerprint density at radius 3 is 2.80 bits per heavy atom. The number of thiazole rings is 1. The highest BCUT2D eigenvalue weighted by Crippen LogP contribution is 2.24. The van der Waals surface area contributed by atoms with Crippen LogP contribution in [0.25, 0.3) is 0 Å². The second kappa shape index (κ2) is 5.56. The summed E-state index contributed by atoms with van der Waals surface area (Å²) in [6.07, 6.45) is 1.37. The second-order valence-electron chi connectivity index (χ2n) is 4.30. The summed E-state index contributed by atoms with van der Waals surface area (Å²) in [5, 5.41) is 11.0. The van der Waals surface area contributed by atoms with Crippen LogP contribution in [0.4, 0.5) is 5.13 Å². The molecule has 0 bridgehead atoms. The largest absolute Gasteiger partial charge is 0.266 e. The molecular weight excluding hydrogens is 296 g/mol. The fourth-order valence-corrected chi connectivity index (χ4v) is 3.69. The van der Waals surface area contributed by atoms with Crippen LogP contribution in [-0.4, -0.2) is 18.4 Å². The van der Waals surface area contributed by atoms with Crippen LogP contribution in [0.15, 0.2) is 28.6 Å². The summed E-state index contributed by atoms with van der Waals surface area (Å²) in [5.74, 6) is 0.220. The first-order valence-electron chi connectivity index (χ1n) is 5.77. The predicted molar refractivity (Wildman–Crippen MR) is 76.0 cm³/mol. The summed E-state index contributed by atoms with van der Waals surface area (Å²) in [5.41, 5.74) is 0.681. The fourth-order valence-electron chi connectivity index (χ4n) is 1.46. The number of hydrogen-bond acceptors (Lipinski definition) is 6. The van der Waals surface area contributed by atoms with Gasteiger partial charge in [0.15, 0.2) is 10.8 Å². The van der Waals surface area contributed by atoms with E-state index in [0.29, 0.717) is 0 Å². The van der Waals surface area contributed by atoms with E-state index in [0.717, 1.165) is 5.69 Å². The molecule has 0 saturated heterocycles. The van der Waals surface area contributed by atoms with Crippen molar-refractivity contribution in [2.45, 2.75) is 24.7 Å². The number of nitriles is 1. The molecule has 1 N–H and O–H groups in total. The maximum atomic E-state index is 12.2. The molecule has 2 aromatic rings. The van der Waals surface area contributed by atoms with Crippen LogP contribution in [0.2, 0.25) is 0 Å². The Hall–Kier alpha value is -1.98. The van der Waals surface area contributed by atoms with Crippen LogP contribution in [-0.2, 0) is 10.0 Å². The van der Waals surface area contributed by atoms with Crippen LogP contribution in [0.5, 0.6) is 0 Å². The van der Waals surface area contributed by atoms with Crippen molar-refractivity contribution in [2.75, 3.05) is 4.72 Å². The molecule has 0 amide bonds. The first kappa shape index (κ1) is 14.4. The van der Waals surface area contributed by atoms with E-state index in [-0.39, 0.29) is 21.6 Å². The van der Waals surface area contributed by atoms with Crippen LogP contribution in [0.1, 0.15) is 31.2 Å². The Morgan fingerprint density at radius 1 is 1.45 bits per heavy atom. The summed E-state index contributed by atoms with van der Waals surface area (Å²) in [6.45, 7) is 3.95. The molecule has 0 aliphatic rings. The second-order valence-corrected chi connectivity index (χ2v) is 6.81. The van der Waals surface area contributed by atoms with Crippen LogP contribution >= 0.6 is 11.3 Å². The van der Waals surface area contributed by atoms with E-state index >= 15 is 0 Å². The fraction of sp³-hybridized carbons (Fsp3) is 0.250. The van der Waals surface area contributed by atoms with E-state index in [1.807, 2.05) is 13.8 Å². The number of rotatable bonds is 4. The Morgan fingerprint density at radius 2 is 2.20 bits per heavy atom. The van der Waals surface area contributed by atoms with Gasteiger partial charge in [-0.05, 0) is 18.1 Å². The standard InChI is InChI=1S/C12H12N4O2S2/c1-8(2)10-7-19-12(15-10)16-20(17,18)11-4-3-5-14-9(11)6-13/h3-5,7-8H,1-2H3,(H,15,16). The lowest BCUT2D eigenvalue weighted by Crippen LogP contribution is -2.15. The molecule has 2 heterocycles. The van der Waals surface area contributed by atoms with E-state index in [4.69, 9.17) is 5.26 Å². The quantitative estimate of drug-likeness (QED) is 0.935. The van der Waals surface area contributed by atoms with Gasteiger partial charge in [0, 0.05) is 11.6 Å². The molecule has 2 rings (SSSR count). The molecule has 0 atom stereocenters. The van der Waals surface area contributed by atoms with Crippen molar-refractivity contribution >= 4 is 26.5 Å². The van der Waals surface area contributed by atoms with E-state index in [2.05, 4.69) is 14.7 Å². The monoisotopic (exact) mass is 308 g/mol. The molecule has 0 aromatic carbocycles. The number of hydrogen-bond donors (Lipinski definition) is 1. The zero-order valence-electron chi connectivity index (χ0n) is 10.9. The van der Waals surface area contributed by atoms with Gasteiger partial charge in [0.2, 0.25) is 0 Å². The summed E-state index contributed by atoms with van der Waals surface area (Å²) in [4.78, 5) is 7.79. The molecule has 0 fully saturated rings. The lowest BCUT2D eigenvalue weighted by Gasteiger charge is -2.05. The molecule has 8 heteroatoms. The van der Waals surface area contributed by atoms with Crippen LogP contribution in [0.3, 0.4) is 0 Å². The molecule has 2 aromatic heterocycles. The predicted octanol–water partition coefficient (Wildman–Crippen LogP) is 2.33. The van der Waals surface area contributed by atoms with Gasteiger partial charge < -0.3 is 0 Å². The lowest BCUT2D eigenvalue weighted by molar-refractivity contribution is 0.600. The Labute approximate surface area is 121 Å². The third-order valence-corrected chi connectivity index (χ3v) is 4.78. The molecular formula is C12H12N4O2S2. The minimum Gasteiger partial charge on any atom is -0.255 e. The topological polar surface area (TPSA) is 95.7 Å². The molecule has 0 unspecified atom stereocenters. The molecule has 0 saturated carbocycles. The van der Waals surface area contributed by atoms with Crippen molar-refractivity contribution in [3.8, 4) is 6.07 Å². The van der Waals surface area contributed by atoms with Gasteiger partial charge in [0.05, 0.1) is 5.69 Å². The Kier molecular flexibility index (Phi) is 4.01. The van der Waals surface area contributed by atoms with Gasteiger partial charge in [-0.2, -0.15) is 5.26 Å². The summed E-state index contributed by atoms with van der Waals surface area (Å²) < 4.78 is 26.8. The summed E-state index contributed by atoms with van der Waals surface area (Å²) in [6, 6.07) is 4.57. The minimum atomic E-state index is -3.86. The van der Waals surface area contributed by atoms with Crippen molar-refractivity contribution in [1.29, 1.82) is 5.26 Å². The van der Waals surface area contributed by atoms with Gasteiger partial charge >= 0.3 is 0 Å². The third kappa shape index (κ3) is 2.95. The van der Waals surface area contributed by atoms with E-state index < -0.39 is 10.0 Å². The van der Waals surface area contributed by atoms with Crippen molar-refractivity contribution in [3.05, 3.63) is 35.1 Å². The molecule has 104 valence electrons. The molecule has 0 aliphatic heterocycles. The molecule has 0 aliphatic carbocycles. The average Bonchev–Trinajstić information content (AvgIpc) is 2.86. The smallest absolute Gasteiger partial charge is 0.255 e. The summed E-state index contributed by atoms with van der Waals surface area (Å²) in [7, 11) is -3.86. The van der Waals surface area contributed by atoms with E-state index in [9.17, 15) is 8.42 Å². The Balaban J connectivity index is 2.34.